The minimum Gasteiger partial charge on any atom is -0.409 e. The lowest BCUT2D eigenvalue weighted by Crippen LogP contribution is -2.25. The van der Waals surface area contributed by atoms with E-state index in [0.29, 0.717) is 13.1 Å². The topological polar surface area (TPSA) is 61.8 Å². The smallest absolute Gasteiger partial charge is 0.170 e. The Morgan fingerprint density at radius 1 is 1.37 bits per heavy atom. The molecular formula is C13H17F2N3O. The predicted molar refractivity (Wildman–Crippen MR) is 69.5 cm³/mol. The maximum Gasteiger partial charge on any atom is 0.170 e. The number of hydrogen-bond donors (Lipinski definition) is 2. The average Bonchev–Trinajstić information content (AvgIpc) is 2.67. The lowest BCUT2D eigenvalue weighted by Gasteiger charge is -2.22. The summed E-state index contributed by atoms with van der Waals surface area (Å²) in [5.74, 6) is -1.70. The summed E-state index contributed by atoms with van der Waals surface area (Å²) in [6.07, 6.45) is 0.883. The van der Waals surface area contributed by atoms with Crippen molar-refractivity contribution in [3.05, 3.63) is 29.3 Å². The quantitative estimate of drug-likeness (QED) is 0.375. The summed E-state index contributed by atoms with van der Waals surface area (Å²) in [6, 6.07) is 2.16. The van der Waals surface area contributed by atoms with Gasteiger partial charge in [-0.1, -0.05) is 19.0 Å². The highest BCUT2D eigenvalue weighted by Crippen LogP contribution is 2.35. The molecule has 1 saturated heterocycles. The van der Waals surface area contributed by atoms with Crippen molar-refractivity contribution in [2.75, 3.05) is 18.0 Å². The summed E-state index contributed by atoms with van der Waals surface area (Å²) < 4.78 is 28.1. The van der Waals surface area contributed by atoms with E-state index >= 15 is 0 Å². The number of rotatable bonds is 2. The monoisotopic (exact) mass is 269 g/mol. The van der Waals surface area contributed by atoms with Crippen LogP contribution in [0, 0.1) is 17.0 Å². The van der Waals surface area contributed by atoms with Gasteiger partial charge in [-0.2, -0.15) is 0 Å². The molecule has 0 unspecified atom stereocenters. The van der Waals surface area contributed by atoms with E-state index in [-0.39, 0.29) is 22.5 Å². The van der Waals surface area contributed by atoms with E-state index in [9.17, 15) is 8.78 Å². The number of halogens is 2. The van der Waals surface area contributed by atoms with Gasteiger partial charge in [-0.3, -0.25) is 0 Å². The number of hydrogen-bond acceptors (Lipinski definition) is 3. The van der Waals surface area contributed by atoms with E-state index < -0.39 is 11.6 Å². The van der Waals surface area contributed by atoms with Crippen LogP contribution in [0.2, 0.25) is 0 Å². The zero-order valence-corrected chi connectivity index (χ0v) is 11.0. The summed E-state index contributed by atoms with van der Waals surface area (Å²) in [5, 5.41) is 11.3. The number of oxime groups is 1. The second-order valence-corrected chi connectivity index (χ2v) is 5.61. The molecular weight excluding hydrogens is 252 g/mol. The Morgan fingerprint density at radius 2 is 1.95 bits per heavy atom. The molecule has 104 valence electrons. The fourth-order valence-electron chi connectivity index (χ4n) is 2.38. The molecule has 19 heavy (non-hydrogen) atoms. The third kappa shape index (κ3) is 2.62. The van der Waals surface area contributed by atoms with Crippen molar-refractivity contribution in [3.8, 4) is 0 Å². The number of amidine groups is 1. The maximum absolute atomic E-state index is 14.0. The molecule has 1 aromatic rings. The van der Waals surface area contributed by atoms with Crippen LogP contribution in [-0.2, 0) is 0 Å². The molecule has 6 heteroatoms. The van der Waals surface area contributed by atoms with E-state index in [1.807, 2.05) is 0 Å². The highest BCUT2D eigenvalue weighted by molar-refractivity contribution is 5.97. The van der Waals surface area contributed by atoms with Crippen LogP contribution >= 0.6 is 0 Å². The zero-order chi connectivity index (χ0) is 14.2. The number of anilines is 1. The first-order valence-corrected chi connectivity index (χ1v) is 6.06. The molecule has 2 rings (SSSR count). The SMILES string of the molecule is CC1(C)CCN(c2c(F)cc(C(N)=NO)cc2F)C1. The molecule has 1 aliphatic heterocycles. The largest absolute Gasteiger partial charge is 0.409 e. The van der Waals surface area contributed by atoms with Crippen molar-refractivity contribution in [3.63, 3.8) is 0 Å². The highest BCUT2D eigenvalue weighted by Gasteiger charge is 2.32. The Labute approximate surface area is 110 Å². The molecule has 1 aromatic carbocycles. The van der Waals surface area contributed by atoms with Crippen LogP contribution in [0.1, 0.15) is 25.8 Å². The summed E-state index contributed by atoms with van der Waals surface area (Å²) in [7, 11) is 0. The summed E-state index contributed by atoms with van der Waals surface area (Å²) >= 11 is 0. The van der Waals surface area contributed by atoms with Crippen LogP contribution in [-0.4, -0.2) is 24.1 Å². The van der Waals surface area contributed by atoms with Gasteiger partial charge in [-0.05, 0) is 24.0 Å². The fraction of sp³-hybridized carbons (Fsp3) is 0.462. The van der Waals surface area contributed by atoms with Crippen molar-refractivity contribution in [2.45, 2.75) is 20.3 Å². The van der Waals surface area contributed by atoms with Gasteiger partial charge < -0.3 is 15.8 Å². The van der Waals surface area contributed by atoms with Gasteiger partial charge in [-0.25, -0.2) is 8.78 Å². The number of benzene rings is 1. The minimum absolute atomic E-state index is 0.0275. The number of nitrogens with two attached hydrogens (primary N) is 1. The van der Waals surface area contributed by atoms with E-state index in [1.54, 1.807) is 4.90 Å². The van der Waals surface area contributed by atoms with Crippen molar-refractivity contribution in [1.29, 1.82) is 0 Å². The van der Waals surface area contributed by atoms with E-state index in [2.05, 4.69) is 19.0 Å². The molecule has 4 nitrogen and oxygen atoms in total. The van der Waals surface area contributed by atoms with Crippen molar-refractivity contribution < 1.29 is 14.0 Å². The first-order chi connectivity index (χ1) is 8.84. The summed E-state index contributed by atoms with van der Waals surface area (Å²) in [6.45, 7) is 5.34. The average molecular weight is 269 g/mol. The van der Waals surface area contributed by atoms with Crippen LogP contribution < -0.4 is 10.6 Å². The van der Waals surface area contributed by atoms with Gasteiger partial charge in [-0.15, -0.1) is 0 Å². The lowest BCUT2D eigenvalue weighted by molar-refractivity contribution is 0.318. The molecule has 0 amide bonds. The predicted octanol–water partition coefficient (Wildman–Crippen LogP) is 2.30. The van der Waals surface area contributed by atoms with Crippen LogP contribution in [0.25, 0.3) is 0 Å². The normalized spacial score (nSPS) is 18.9. The number of nitrogens with zero attached hydrogens (tertiary/aromatic N) is 2. The standard InChI is InChI=1S/C13H17F2N3O/c1-13(2)3-4-18(7-13)11-9(14)5-8(6-10(11)15)12(16)17-19/h5-6,19H,3-4,7H2,1-2H3,(H2,16,17). The lowest BCUT2D eigenvalue weighted by atomic mass is 9.93. The van der Waals surface area contributed by atoms with Crippen LogP contribution in [0.3, 0.4) is 0 Å². The summed E-state index contributed by atoms with van der Waals surface area (Å²) in [4.78, 5) is 1.70. The molecule has 1 heterocycles. The Morgan fingerprint density at radius 3 is 2.37 bits per heavy atom. The summed E-state index contributed by atoms with van der Waals surface area (Å²) in [5.41, 5.74) is 5.36. The zero-order valence-electron chi connectivity index (χ0n) is 11.0. The molecule has 0 spiro atoms. The highest BCUT2D eigenvalue weighted by atomic mass is 19.1. The van der Waals surface area contributed by atoms with E-state index in [4.69, 9.17) is 10.9 Å². The third-order valence-electron chi connectivity index (χ3n) is 3.41. The second kappa shape index (κ2) is 4.68. The maximum atomic E-state index is 14.0. The molecule has 1 fully saturated rings. The molecule has 0 radical (unpaired) electrons. The van der Waals surface area contributed by atoms with Crippen LogP contribution in [0.5, 0.6) is 0 Å². The Bertz CT molecular complexity index is 506. The van der Waals surface area contributed by atoms with Gasteiger partial charge in [0.25, 0.3) is 0 Å². The van der Waals surface area contributed by atoms with Crippen molar-refractivity contribution in [1.82, 2.24) is 0 Å². The Balaban J connectivity index is 2.38. The molecule has 1 aliphatic rings. The molecule has 0 aromatic heterocycles. The van der Waals surface area contributed by atoms with Crippen LogP contribution in [0.15, 0.2) is 17.3 Å². The van der Waals surface area contributed by atoms with Gasteiger partial charge >= 0.3 is 0 Å². The first-order valence-electron chi connectivity index (χ1n) is 6.06. The molecule has 0 bridgehead atoms. The Hall–Kier alpha value is -1.85. The molecule has 3 N–H and O–H groups in total. The van der Waals surface area contributed by atoms with Gasteiger partial charge in [0, 0.05) is 18.7 Å². The van der Waals surface area contributed by atoms with Gasteiger partial charge in [0.05, 0.1) is 0 Å². The van der Waals surface area contributed by atoms with Gasteiger partial charge in [0.15, 0.2) is 5.84 Å². The van der Waals surface area contributed by atoms with E-state index in [0.717, 1.165) is 18.6 Å². The van der Waals surface area contributed by atoms with Gasteiger partial charge in [0.2, 0.25) is 0 Å². The van der Waals surface area contributed by atoms with E-state index in [1.165, 1.54) is 0 Å². The second-order valence-electron chi connectivity index (χ2n) is 5.61. The van der Waals surface area contributed by atoms with Crippen molar-refractivity contribution >= 4 is 11.5 Å². The Kier molecular flexibility index (Phi) is 3.34. The van der Waals surface area contributed by atoms with Crippen LogP contribution in [0.4, 0.5) is 14.5 Å². The fourth-order valence-corrected chi connectivity index (χ4v) is 2.38. The minimum atomic E-state index is -0.695. The molecule has 0 aliphatic carbocycles. The van der Waals surface area contributed by atoms with Gasteiger partial charge in [0.1, 0.15) is 17.3 Å². The first kappa shape index (κ1) is 13.6. The molecule has 0 saturated carbocycles. The molecule has 0 atom stereocenters. The van der Waals surface area contributed by atoms with Crippen molar-refractivity contribution in [2.24, 2.45) is 16.3 Å². The third-order valence-corrected chi connectivity index (χ3v) is 3.41.